The fourth-order valence-corrected chi connectivity index (χ4v) is 4.26. The Kier molecular flexibility index (Phi) is 3.21. The molecule has 1 N–H and O–H groups in total. The highest BCUT2D eigenvalue weighted by molar-refractivity contribution is 6.04. The van der Waals surface area contributed by atoms with Crippen LogP contribution in [0.4, 0.5) is 4.79 Å². The van der Waals surface area contributed by atoms with E-state index in [0.717, 1.165) is 29.9 Å². The average molecular weight is 358 g/mol. The van der Waals surface area contributed by atoms with Gasteiger partial charge in [-0.05, 0) is 31.9 Å². The van der Waals surface area contributed by atoms with Crippen molar-refractivity contribution in [1.29, 1.82) is 0 Å². The van der Waals surface area contributed by atoms with Crippen molar-refractivity contribution in [3.05, 3.63) is 17.7 Å². The Bertz CT molecular complexity index is 797. The van der Waals surface area contributed by atoms with Crippen molar-refractivity contribution in [1.82, 2.24) is 10.2 Å². The average Bonchev–Trinajstić information content (AvgIpc) is 3.21. The van der Waals surface area contributed by atoms with E-state index >= 15 is 0 Å². The van der Waals surface area contributed by atoms with Gasteiger partial charge in [-0.15, -0.1) is 0 Å². The molecule has 0 aromatic heterocycles. The van der Waals surface area contributed by atoms with Crippen LogP contribution in [0.3, 0.4) is 0 Å². The number of methoxy groups -OCH3 is 1. The zero-order valence-corrected chi connectivity index (χ0v) is 14.9. The monoisotopic (exact) mass is 358 g/mol. The van der Waals surface area contributed by atoms with Crippen LogP contribution in [0.15, 0.2) is 12.1 Å². The summed E-state index contributed by atoms with van der Waals surface area (Å²) < 4.78 is 17.7. The van der Waals surface area contributed by atoms with Crippen molar-refractivity contribution in [2.75, 3.05) is 13.7 Å². The van der Waals surface area contributed by atoms with Gasteiger partial charge in [0, 0.05) is 29.9 Å². The molecular formula is C19H22N2O5. The standard InChI is InChI=1S/C19H22N2O5/c1-10-17(22)21(18(23)20-10)11-7-12(8-11)26-16-14(24-2)4-3-13-15(16)19(5-6-19)9-25-13/h3-4,10-12H,5-9H2,1-2H3,(H,20,23)/t10-,11?,12?/m1/s1. The van der Waals surface area contributed by atoms with E-state index in [0.29, 0.717) is 25.2 Å². The van der Waals surface area contributed by atoms with Crippen LogP contribution in [0.25, 0.3) is 0 Å². The molecule has 1 spiro atoms. The Balaban J connectivity index is 1.34. The quantitative estimate of drug-likeness (QED) is 0.833. The first kappa shape index (κ1) is 15.8. The third-order valence-electron chi connectivity index (χ3n) is 6.08. The minimum Gasteiger partial charge on any atom is -0.493 e. The number of carbonyl (C=O) groups is 2. The van der Waals surface area contributed by atoms with E-state index in [9.17, 15) is 9.59 Å². The molecule has 2 aliphatic carbocycles. The molecule has 5 rings (SSSR count). The highest BCUT2D eigenvalue weighted by atomic mass is 16.5. The Morgan fingerprint density at radius 3 is 2.65 bits per heavy atom. The van der Waals surface area contributed by atoms with Crippen molar-refractivity contribution in [2.24, 2.45) is 0 Å². The van der Waals surface area contributed by atoms with Crippen LogP contribution in [0, 0.1) is 0 Å². The maximum absolute atomic E-state index is 12.1. The Hall–Kier alpha value is -2.44. The van der Waals surface area contributed by atoms with Crippen LogP contribution in [0.2, 0.25) is 0 Å². The van der Waals surface area contributed by atoms with Gasteiger partial charge >= 0.3 is 6.03 Å². The highest BCUT2D eigenvalue weighted by Crippen LogP contribution is 2.60. The summed E-state index contributed by atoms with van der Waals surface area (Å²) in [6.45, 7) is 2.42. The second kappa shape index (κ2) is 5.28. The number of nitrogens with zero attached hydrogens (tertiary/aromatic N) is 1. The third kappa shape index (κ3) is 2.12. The normalized spacial score (nSPS) is 30.5. The minimum absolute atomic E-state index is 0.0340. The number of hydrogen-bond donors (Lipinski definition) is 1. The first-order valence-corrected chi connectivity index (χ1v) is 9.17. The van der Waals surface area contributed by atoms with Gasteiger partial charge in [0.25, 0.3) is 5.91 Å². The molecule has 2 aliphatic heterocycles. The largest absolute Gasteiger partial charge is 0.493 e. The third-order valence-corrected chi connectivity index (χ3v) is 6.08. The maximum atomic E-state index is 12.1. The summed E-state index contributed by atoms with van der Waals surface area (Å²) in [7, 11) is 1.64. The van der Waals surface area contributed by atoms with Gasteiger partial charge in [-0.25, -0.2) is 4.79 Å². The molecule has 2 heterocycles. The van der Waals surface area contributed by atoms with E-state index in [1.54, 1.807) is 14.0 Å². The molecule has 3 fully saturated rings. The zero-order valence-electron chi connectivity index (χ0n) is 14.9. The summed E-state index contributed by atoms with van der Waals surface area (Å²) in [5.41, 5.74) is 1.21. The van der Waals surface area contributed by atoms with Crippen LogP contribution in [0.5, 0.6) is 17.2 Å². The lowest BCUT2D eigenvalue weighted by atomic mass is 9.87. The van der Waals surface area contributed by atoms with Crippen LogP contribution in [0.1, 0.15) is 38.2 Å². The smallest absolute Gasteiger partial charge is 0.325 e. The van der Waals surface area contributed by atoms with Crippen molar-refractivity contribution < 1.29 is 23.8 Å². The van der Waals surface area contributed by atoms with Gasteiger partial charge in [0.2, 0.25) is 0 Å². The SMILES string of the molecule is COc1ccc2c(c1OC1CC(N3C(=O)N[C@H](C)C3=O)C1)C1(CC1)CO2. The molecule has 0 radical (unpaired) electrons. The van der Waals surface area contributed by atoms with Gasteiger partial charge in [0.15, 0.2) is 11.5 Å². The van der Waals surface area contributed by atoms with Gasteiger partial charge < -0.3 is 19.5 Å². The van der Waals surface area contributed by atoms with Gasteiger partial charge in [0.05, 0.1) is 13.7 Å². The Morgan fingerprint density at radius 1 is 1.27 bits per heavy atom. The molecule has 3 amide bonds. The van der Waals surface area contributed by atoms with E-state index in [2.05, 4.69) is 5.32 Å². The summed E-state index contributed by atoms with van der Waals surface area (Å²) in [6.07, 6.45) is 3.47. The fraction of sp³-hybridized carbons (Fsp3) is 0.579. The molecule has 4 aliphatic rings. The molecule has 0 unspecified atom stereocenters. The predicted molar refractivity (Wildman–Crippen MR) is 91.7 cm³/mol. The lowest BCUT2D eigenvalue weighted by Crippen LogP contribution is -2.52. The van der Waals surface area contributed by atoms with E-state index < -0.39 is 6.04 Å². The summed E-state index contributed by atoms with van der Waals surface area (Å²) >= 11 is 0. The molecule has 1 aromatic carbocycles. The Morgan fingerprint density at radius 2 is 2.04 bits per heavy atom. The number of nitrogens with one attached hydrogen (secondary N) is 1. The molecule has 26 heavy (non-hydrogen) atoms. The number of ether oxygens (including phenoxy) is 3. The summed E-state index contributed by atoms with van der Waals surface area (Å²) in [5.74, 6) is 2.22. The molecule has 7 heteroatoms. The lowest BCUT2D eigenvalue weighted by Gasteiger charge is -2.39. The second-order valence-corrected chi connectivity index (χ2v) is 7.78. The number of rotatable bonds is 4. The molecular weight excluding hydrogens is 336 g/mol. The summed E-state index contributed by atoms with van der Waals surface area (Å²) in [5, 5.41) is 2.66. The second-order valence-electron chi connectivity index (χ2n) is 7.78. The van der Waals surface area contributed by atoms with Crippen molar-refractivity contribution in [2.45, 2.75) is 56.2 Å². The van der Waals surface area contributed by atoms with Crippen LogP contribution >= 0.6 is 0 Å². The van der Waals surface area contributed by atoms with E-state index in [1.165, 1.54) is 4.90 Å². The van der Waals surface area contributed by atoms with Crippen LogP contribution < -0.4 is 19.5 Å². The van der Waals surface area contributed by atoms with E-state index in [1.807, 2.05) is 12.1 Å². The van der Waals surface area contributed by atoms with Gasteiger partial charge in [0.1, 0.15) is 17.9 Å². The first-order chi connectivity index (χ1) is 12.5. The Labute approximate surface area is 151 Å². The van der Waals surface area contributed by atoms with Crippen LogP contribution in [-0.2, 0) is 10.2 Å². The van der Waals surface area contributed by atoms with Crippen molar-refractivity contribution >= 4 is 11.9 Å². The number of carbonyl (C=O) groups excluding carboxylic acids is 2. The van der Waals surface area contributed by atoms with Crippen molar-refractivity contribution in [3.63, 3.8) is 0 Å². The molecule has 1 aromatic rings. The molecule has 0 bridgehead atoms. The molecule has 2 saturated carbocycles. The fourth-order valence-electron chi connectivity index (χ4n) is 4.26. The zero-order chi connectivity index (χ0) is 18.1. The summed E-state index contributed by atoms with van der Waals surface area (Å²) in [4.78, 5) is 25.4. The number of benzene rings is 1. The highest BCUT2D eigenvalue weighted by Gasteiger charge is 2.54. The molecule has 1 atom stereocenters. The van der Waals surface area contributed by atoms with Crippen molar-refractivity contribution in [3.8, 4) is 17.2 Å². The first-order valence-electron chi connectivity index (χ1n) is 9.17. The molecule has 138 valence electrons. The molecule has 7 nitrogen and oxygen atoms in total. The van der Waals surface area contributed by atoms with Gasteiger partial charge in [-0.2, -0.15) is 0 Å². The number of urea groups is 1. The molecule has 1 saturated heterocycles. The summed E-state index contributed by atoms with van der Waals surface area (Å²) in [6, 6.07) is 3.00. The van der Waals surface area contributed by atoms with Gasteiger partial charge in [-0.1, -0.05) is 0 Å². The number of amides is 3. The number of hydrogen-bond acceptors (Lipinski definition) is 5. The topological polar surface area (TPSA) is 77.1 Å². The maximum Gasteiger partial charge on any atom is 0.325 e. The number of imide groups is 1. The van der Waals surface area contributed by atoms with E-state index in [4.69, 9.17) is 14.2 Å². The van der Waals surface area contributed by atoms with Crippen LogP contribution in [-0.4, -0.2) is 48.7 Å². The minimum atomic E-state index is -0.438. The van der Waals surface area contributed by atoms with Gasteiger partial charge in [-0.3, -0.25) is 9.69 Å². The lowest BCUT2D eigenvalue weighted by molar-refractivity contribution is -0.131. The van der Waals surface area contributed by atoms with E-state index in [-0.39, 0.29) is 29.5 Å². The number of fused-ring (bicyclic) bond motifs is 2. The predicted octanol–water partition coefficient (Wildman–Crippen LogP) is 1.97.